The first-order valence-electron chi connectivity index (χ1n) is 10.9. The maximum Gasteiger partial charge on any atom is 0.317 e. The number of methoxy groups -OCH3 is 1. The molecule has 1 aromatic carbocycles. The number of carbonyl (C=O) groups is 1. The monoisotopic (exact) mass is 457 g/mol. The molecule has 0 saturated carbocycles. The van der Waals surface area contributed by atoms with E-state index in [-0.39, 0.29) is 23.5 Å². The van der Waals surface area contributed by atoms with Crippen LogP contribution in [-0.4, -0.2) is 56.2 Å². The van der Waals surface area contributed by atoms with Crippen LogP contribution in [0.5, 0.6) is 5.75 Å². The highest BCUT2D eigenvalue weighted by Crippen LogP contribution is 2.39. The van der Waals surface area contributed by atoms with E-state index in [0.29, 0.717) is 15.8 Å². The van der Waals surface area contributed by atoms with Gasteiger partial charge >= 0.3 is 6.03 Å². The van der Waals surface area contributed by atoms with E-state index in [9.17, 15) is 4.79 Å². The fourth-order valence-corrected chi connectivity index (χ4v) is 5.29. The van der Waals surface area contributed by atoms with Crippen molar-refractivity contribution in [3.05, 3.63) is 27.7 Å². The van der Waals surface area contributed by atoms with Crippen LogP contribution in [-0.2, 0) is 0 Å². The van der Waals surface area contributed by atoms with Crippen LogP contribution >= 0.6 is 23.2 Å². The quantitative estimate of drug-likeness (QED) is 0.487. The number of urea groups is 1. The summed E-state index contributed by atoms with van der Waals surface area (Å²) in [6.45, 7) is 8.49. The second-order valence-electron chi connectivity index (χ2n) is 8.92. The van der Waals surface area contributed by atoms with E-state index in [1.54, 1.807) is 13.2 Å². The van der Waals surface area contributed by atoms with E-state index in [1.165, 1.54) is 19.3 Å². The Morgan fingerprint density at radius 1 is 1.37 bits per heavy atom. The van der Waals surface area contributed by atoms with Crippen LogP contribution in [0.25, 0.3) is 0 Å². The topological polar surface area (TPSA) is 44.8 Å². The molecule has 0 aromatic heterocycles. The molecule has 0 bridgehead atoms. The number of nitrogens with zero attached hydrogens (tertiary/aromatic N) is 2. The van der Waals surface area contributed by atoms with Crippen molar-refractivity contribution in [3.8, 4) is 5.75 Å². The minimum Gasteiger partial charge on any atom is -0.495 e. The van der Waals surface area contributed by atoms with Crippen molar-refractivity contribution < 1.29 is 9.53 Å². The lowest BCUT2D eigenvalue weighted by Gasteiger charge is -2.49. The Kier molecular flexibility index (Phi) is 9.13. The van der Waals surface area contributed by atoms with Gasteiger partial charge in [-0.3, -0.25) is 0 Å². The minimum absolute atomic E-state index is 0.0817. The van der Waals surface area contributed by atoms with Crippen molar-refractivity contribution in [2.75, 3.05) is 34.3 Å². The second-order valence-corrected chi connectivity index (χ2v) is 9.68. The van der Waals surface area contributed by atoms with Gasteiger partial charge in [-0.25, -0.2) is 4.79 Å². The van der Waals surface area contributed by atoms with Gasteiger partial charge in [0.2, 0.25) is 0 Å². The van der Waals surface area contributed by atoms with Gasteiger partial charge in [-0.2, -0.15) is 0 Å². The molecule has 1 aliphatic heterocycles. The summed E-state index contributed by atoms with van der Waals surface area (Å²) in [4.78, 5) is 17.4. The molecular weight excluding hydrogens is 421 g/mol. The molecule has 170 valence electrons. The van der Waals surface area contributed by atoms with Gasteiger partial charge in [0.05, 0.1) is 18.2 Å². The Morgan fingerprint density at radius 2 is 2.07 bits per heavy atom. The molecule has 5 nitrogen and oxygen atoms in total. The van der Waals surface area contributed by atoms with E-state index in [0.717, 1.165) is 31.5 Å². The van der Waals surface area contributed by atoms with Crippen LogP contribution < -0.4 is 10.1 Å². The molecule has 0 aliphatic carbocycles. The summed E-state index contributed by atoms with van der Waals surface area (Å²) in [5.74, 6) is 0.523. The van der Waals surface area contributed by atoms with Gasteiger partial charge in [0.1, 0.15) is 10.8 Å². The van der Waals surface area contributed by atoms with E-state index in [1.807, 2.05) is 24.9 Å². The maximum absolute atomic E-state index is 13.1. The third-order valence-corrected chi connectivity index (χ3v) is 7.34. The average Bonchev–Trinajstić information content (AvgIpc) is 2.69. The highest BCUT2D eigenvalue weighted by Gasteiger charge is 2.42. The molecule has 0 radical (unpaired) electrons. The first-order valence-corrected chi connectivity index (χ1v) is 11.6. The summed E-state index contributed by atoms with van der Waals surface area (Å²) in [7, 11) is 5.64. The molecule has 1 N–H and O–H groups in total. The predicted octanol–water partition coefficient (Wildman–Crippen LogP) is 6.00. The number of amides is 2. The molecule has 30 heavy (non-hydrogen) atoms. The number of piperidine rings is 1. The van der Waals surface area contributed by atoms with Crippen molar-refractivity contribution in [2.45, 2.75) is 65.0 Å². The average molecular weight is 458 g/mol. The number of likely N-dealkylation sites (tertiary alicyclic amines) is 1. The van der Waals surface area contributed by atoms with E-state index >= 15 is 0 Å². The van der Waals surface area contributed by atoms with Crippen LogP contribution in [0.3, 0.4) is 0 Å². The molecule has 1 aliphatic rings. The lowest BCUT2D eigenvalue weighted by Crippen LogP contribution is -2.58. The van der Waals surface area contributed by atoms with E-state index in [4.69, 9.17) is 27.9 Å². The standard InChI is InChI=1S/C23H37Cl2N3O2/c1-7-8-9-13-23(3)15-27(4)14-12-19(23)28(5)22(29)26-16(2)17-10-11-18(30-6)21(25)20(17)24/h10-11,16,19H,7-9,12-15H2,1-6H3,(H,26,29). The number of rotatable bonds is 8. The van der Waals surface area contributed by atoms with Gasteiger partial charge in [-0.15, -0.1) is 0 Å². The lowest BCUT2D eigenvalue weighted by molar-refractivity contribution is 0.0238. The number of unbranched alkanes of at least 4 members (excludes halogenated alkanes) is 2. The second kappa shape index (κ2) is 10.9. The molecule has 1 fully saturated rings. The zero-order chi connectivity index (χ0) is 22.5. The zero-order valence-electron chi connectivity index (χ0n) is 19.2. The molecule has 0 spiro atoms. The normalized spacial score (nSPS) is 23.1. The summed E-state index contributed by atoms with van der Waals surface area (Å²) in [5, 5.41) is 3.88. The van der Waals surface area contributed by atoms with Crippen LogP contribution in [0.2, 0.25) is 10.0 Å². The van der Waals surface area contributed by atoms with Gasteiger partial charge in [0.15, 0.2) is 0 Å². The number of nitrogens with one attached hydrogen (secondary N) is 1. The first kappa shape index (κ1) is 25.1. The molecule has 3 atom stereocenters. The summed E-state index contributed by atoms with van der Waals surface area (Å²) in [6.07, 6.45) is 5.74. The summed E-state index contributed by atoms with van der Waals surface area (Å²) in [6, 6.07) is 3.48. The maximum atomic E-state index is 13.1. The Morgan fingerprint density at radius 3 is 2.70 bits per heavy atom. The van der Waals surface area contributed by atoms with E-state index < -0.39 is 0 Å². The number of benzene rings is 1. The molecule has 2 rings (SSSR count). The third-order valence-electron chi connectivity index (χ3n) is 6.46. The SMILES string of the molecule is CCCCCC1(C)CN(C)CCC1N(C)C(=O)NC(C)c1ccc(OC)c(Cl)c1Cl. The number of carbonyl (C=O) groups excluding carboxylic acids is 1. The summed E-state index contributed by atoms with van der Waals surface area (Å²) < 4.78 is 5.22. The van der Waals surface area contributed by atoms with Gasteiger partial charge in [-0.1, -0.05) is 62.4 Å². The minimum atomic E-state index is -0.270. The number of halogens is 2. The van der Waals surface area contributed by atoms with Crippen LogP contribution in [0, 0.1) is 5.41 Å². The molecule has 3 unspecified atom stereocenters. The smallest absolute Gasteiger partial charge is 0.317 e. The van der Waals surface area contributed by atoms with Gasteiger partial charge in [0, 0.05) is 25.0 Å². The number of hydrogen-bond donors (Lipinski definition) is 1. The zero-order valence-corrected chi connectivity index (χ0v) is 20.7. The van der Waals surface area contributed by atoms with Crippen molar-refractivity contribution in [2.24, 2.45) is 5.41 Å². The van der Waals surface area contributed by atoms with E-state index in [2.05, 4.69) is 31.1 Å². The Balaban J connectivity index is 2.12. The molecule has 2 amide bonds. The molecule has 1 aromatic rings. The molecule has 7 heteroatoms. The van der Waals surface area contributed by atoms with Crippen molar-refractivity contribution in [1.82, 2.24) is 15.1 Å². The first-order chi connectivity index (χ1) is 14.1. The predicted molar refractivity (Wildman–Crippen MR) is 126 cm³/mol. The molecule has 1 heterocycles. The number of hydrogen-bond acceptors (Lipinski definition) is 3. The fourth-order valence-electron chi connectivity index (χ4n) is 4.72. The third kappa shape index (κ3) is 5.74. The molecular formula is C23H37Cl2N3O2. The largest absolute Gasteiger partial charge is 0.495 e. The van der Waals surface area contributed by atoms with Crippen LogP contribution in [0.1, 0.15) is 64.5 Å². The highest BCUT2D eigenvalue weighted by molar-refractivity contribution is 6.43. The lowest BCUT2D eigenvalue weighted by atomic mass is 9.73. The highest BCUT2D eigenvalue weighted by atomic mass is 35.5. The Labute approximate surface area is 192 Å². The number of ether oxygens (including phenoxy) is 1. The van der Waals surface area contributed by atoms with Gasteiger partial charge in [-0.05, 0) is 45.0 Å². The van der Waals surface area contributed by atoms with Gasteiger partial charge < -0.3 is 19.9 Å². The van der Waals surface area contributed by atoms with Gasteiger partial charge in [0.25, 0.3) is 0 Å². The van der Waals surface area contributed by atoms with Crippen molar-refractivity contribution >= 4 is 29.2 Å². The van der Waals surface area contributed by atoms with Crippen molar-refractivity contribution in [3.63, 3.8) is 0 Å². The molecule has 1 saturated heterocycles. The van der Waals surface area contributed by atoms with Crippen LogP contribution in [0.15, 0.2) is 12.1 Å². The van der Waals surface area contributed by atoms with Crippen molar-refractivity contribution in [1.29, 1.82) is 0 Å². The summed E-state index contributed by atoms with van der Waals surface area (Å²) >= 11 is 12.7. The summed E-state index contributed by atoms with van der Waals surface area (Å²) in [5.41, 5.74) is 0.858. The van der Waals surface area contributed by atoms with Crippen LogP contribution in [0.4, 0.5) is 4.79 Å². The fraction of sp³-hybridized carbons (Fsp3) is 0.696. The Bertz CT molecular complexity index is 731. The Hall–Kier alpha value is -1.17.